The highest BCUT2D eigenvalue weighted by Gasteiger charge is 2.14. The first kappa shape index (κ1) is 14.0. The Morgan fingerprint density at radius 1 is 1.27 bits per heavy atom. The van der Waals surface area contributed by atoms with Gasteiger partial charge in [-0.1, -0.05) is 12.1 Å². The van der Waals surface area contributed by atoms with Gasteiger partial charge < -0.3 is 9.32 Å². The average Bonchev–Trinajstić information content (AvgIpc) is 3.18. The lowest BCUT2D eigenvalue weighted by Crippen LogP contribution is -2.25. The minimum Gasteiger partial charge on any atom is -0.467 e. The fourth-order valence-electron chi connectivity index (χ4n) is 2.09. The molecule has 2 heterocycles. The van der Waals surface area contributed by atoms with E-state index in [1.165, 1.54) is 4.80 Å². The summed E-state index contributed by atoms with van der Waals surface area (Å²) in [7, 11) is 3.45. The molecule has 3 rings (SSSR count). The van der Waals surface area contributed by atoms with E-state index in [9.17, 15) is 4.79 Å². The fourth-order valence-corrected chi connectivity index (χ4v) is 2.09. The number of carbonyl (C=O) groups excluding carboxylic acids is 1. The zero-order valence-corrected chi connectivity index (χ0v) is 12.3. The molecule has 2 aromatic heterocycles. The number of amides is 1. The van der Waals surface area contributed by atoms with Gasteiger partial charge in [-0.15, -0.1) is 10.2 Å². The number of hydrogen-bond donors (Lipinski definition) is 0. The molecule has 0 spiro atoms. The van der Waals surface area contributed by atoms with Gasteiger partial charge in [0.25, 0.3) is 5.91 Å². The molecule has 0 atom stereocenters. The van der Waals surface area contributed by atoms with Gasteiger partial charge in [0.05, 0.1) is 19.9 Å². The van der Waals surface area contributed by atoms with Crippen LogP contribution < -0.4 is 0 Å². The maximum absolute atomic E-state index is 12.4. The summed E-state index contributed by atoms with van der Waals surface area (Å²) in [4.78, 5) is 15.4. The molecule has 0 aliphatic heterocycles. The number of rotatable bonds is 4. The SMILES string of the molecule is CN(Cc1ccco1)C(=O)c1ccc(-c2nnn(C)n2)cc1. The number of aryl methyl sites for hydroxylation is 1. The molecule has 0 saturated heterocycles. The van der Waals surface area contributed by atoms with E-state index in [-0.39, 0.29) is 5.91 Å². The summed E-state index contributed by atoms with van der Waals surface area (Å²) >= 11 is 0. The number of hydrogen-bond acceptors (Lipinski definition) is 5. The van der Waals surface area contributed by atoms with Crippen molar-refractivity contribution in [1.29, 1.82) is 0 Å². The van der Waals surface area contributed by atoms with Gasteiger partial charge >= 0.3 is 0 Å². The molecule has 0 aliphatic rings. The number of carbonyl (C=O) groups is 1. The van der Waals surface area contributed by atoms with Crippen LogP contribution in [0.1, 0.15) is 16.1 Å². The van der Waals surface area contributed by atoms with Crippen molar-refractivity contribution >= 4 is 5.91 Å². The highest BCUT2D eigenvalue weighted by molar-refractivity contribution is 5.94. The van der Waals surface area contributed by atoms with E-state index in [2.05, 4.69) is 15.4 Å². The fraction of sp³-hybridized carbons (Fsp3) is 0.200. The monoisotopic (exact) mass is 297 g/mol. The lowest BCUT2D eigenvalue weighted by atomic mass is 10.1. The van der Waals surface area contributed by atoms with Crippen molar-refractivity contribution in [3.8, 4) is 11.4 Å². The Labute approximate surface area is 127 Å². The molecule has 1 aromatic carbocycles. The Hall–Kier alpha value is -2.96. The van der Waals surface area contributed by atoms with E-state index in [1.807, 2.05) is 18.2 Å². The molecule has 1 amide bonds. The van der Waals surface area contributed by atoms with Crippen LogP contribution in [0.3, 0.4) is 0 Å². The molecule has 0 radical (unpaired) electrons. The van der Waals surface area contributed by atoms with Crippen LogP contribution in [0.25, 0.3) is 11.4 Å². The number of benzene rings is 1. The highest BCUT2D eigenvalue weighted by atomic mass is 16.3. The molecule has 112 valence electrons. The third-order valence-corrected chi connectivity index (χ3v) is 3.22. The summed E-state index contributed by atoms with van der Waals surface area (Å²) in [6.45, 7) is 0.430. The van der Waals surface area contributed by atoms with Gasteiger partial charge in [-0.05, 0) is 29.5 Å². The van der Waals surface area contributed by atoms with Gasteiger partial charge in [-0.2, -0.15) is 4.80 Å². The third-order valence-electron chi connectivity index (χ3n) is 3.22. The summed E-state index contributed by atoms with van der Waals surface area (Å²) in [5, 5.41) is 11.9. The smallest absolute Gasteiger partial charge is 0.254 e. The molecule has 0 saturated carbocycles. The largest absolute Gasteiger partial charge is 0.467 e. The zero-order chi connectivity index (χ0) is 15.5. The van der Waals surface area contributed by atoms with E-state index in [0.29, 0.717) is 17.9 Å². The number of tetrazole rings is 1. The predicted molar refractivity (Wildman–Crippen MR) is 78.7 cm³/mol. The highest BCUT2D eigenvalue weighted by Crippen LogP contribution is 2.16. The Morgan fingerprint density at radius 3 is 2.64 bits per heavy atom. The molecule has 0 unspecified atom stereocenters. The van der Waals surface area contributed by atoms with Crippen LogP contribution in [0.2, 0.25) is 0 Å². The Kier molecular flexibility index (Phi) is 3.69. The first-order chi connectivity index (χ1) is 10.6. The first-order valence-corrected chi connectivity index (χ1v) is 6.76. The van der Waals surface area contributed by atoms with Crippen molar-refractivity contribution in [3.63, 3.8) is 0 Å². The van der Waals surface area contributed by atoms with Crippen molar-refractivity contribution in [3.05, 3.63) is 54.0 Å². The summed E-state index contributed by atoms with van der Waals surface area (Å²) in [5.74, 6) is 1.21. The molecule has 22 heavy (non-hydrogen) atoms. The number of nitrogens with zero attached hydrogens (tertiary/aromatic N) is 5. The number of furan rings is 1. The molecule has 3 aromatic rings. The van der Waals surface area contributed by atoms with E-state index in [1.54, 1.807) is 43.5 Å². The maximum Gasteiger partial charge on any atom is 0.254 e. The maximum atomic E-state index is 12.4. The molecule has 7 heteroatoms. The summed E-state index contributed by atoms with van der Waals surface area (Å²) in [6.07, 6.45) is 1.59. The van der Waals surface area contributed by atoms with Gasteiger partial charge in [-0.3, -0.25) is 4.79 Å². The standard InChI is InChI=1S/C15H15N5O2/c1-19(10-13-4-3-9-22-13)15(21)12-7-5-11(6-8-12)14-16-18-20(2)17-14/h3-9H,10H2,1-2H3. The third kappa shape index (κ3) is 2.88. The Bertz CT molecular complexity index is 762. The average molecular weight is 297 g/mol. The quantitative estimate of drug-likeness (QED) is 0.733. The van der Waals surface area contributed by atoms with E-state index in [4.69, 9.17) is 4.42 Å². The summed E-state index contributed by atoms with van der Waals surface area (Å²) in [6, 6.07) is 10.8. The molecule has 0 bridgehead atoms. The zero-order valence-electron chi connectivity index (χ0n) is 12.3. The van der Waals surface area contributed by atoms with Gasteiger partial charge in [0.2, 0.25) is 5.82 Å². The Balaban J connectivity index is 1.73. The van der Waals surface area contributed by atoms with Crippen LogP contribution in [-0.4, -0.2) is 38.1 Å². The van der Waals surface area contributed by atoms with Crippen LogP contribution in [-0.2, 0) is 13.6 Å². The minimum absolute atomic E-state index is 0.0740. The van der Waals surface area contributed by atoms with Crippen molar-refractivity contribution in [1.82, 2.24) is 25.1 Å². The van der Waals surface area contributed by atoms with Gasteiger partial charge in [0, 0.05) is 18.2 Å². The lowest BCUT2D eigenvalue weighted by molar-refractivity contribution is 0.0775. The lowest BCUT2D eigenvalue weighted by Gasteiger charge is -2.15. The molecular formula is C15H15N5O2. The topological polar surface area (TPSA) is 77.0 Å². The van der Waals surface area contributed by atoms with Crippen molar-refractivity contribution in [2.75, 3.05) is 7.05 Å². The van der Waals surface area contributed by atoms with Crippen molar-refractivity contribution in [2.45, 2.75) is 6.54 Å². The van der Waals surface area contributed by atoms with Crippen LogP contribution in [0, 0.1) is 0 Å². The molecule has 7 nitrogen and oxygen atoms in total. The van der Waals surface area contributed by atoms with Crippen LogP contribution in [0.4, 0.5) is 0 Å². The van der Waals surface area contributed by atoms with Gasteiger partial charge in [0.15, 0.2) is 0 Å². The predicted octanol–water partition coefficient (Wildman–Crippen LogP) is 1.74. The normalized spacial score (nSPS) is 10.6. The minimum atomic E-state index is -0.0740. The second-order valence-electron chi connectivity index (χ2n) is 4.92. The van der Waals surface area contributed by atoms with E-state index < -0.39 is 0 Å². The summed E-state index contributed by atoms with van der Waals surface area (Å²) < 4.78 is 5.25. The van der Waals surface area contributed by atoms with Crippen LogP contribution in [0.15, 0.2) is 47.1 Å². The van der Waals surface area contributed by atoms with Gasteiger partial charge in [-0.25, -0.2) is 0 Å². The van der Waals surface area contributed by atoms with E-state index in [0.717, 1.165) is 11.3 Å². The Morgan fingerprint density at radius 2 is 2.05 bits per heavy atom. The number of aromatic nitrogens is 4. The van der Waals surface area contributed by atoms with Crippen molar-refractivity contribution < 1.29 is 9.21 Å². The molecule has 0 fully saturated rings. The molecule has 0 aliphatic carbocycles. The second-order valence-corrected chi connectivity index (χ2v) is 4.92. The second kappa shape index (κ2) is 5.80. The van der Waals surface area contributed by atoms with E-state index >= 15 is 0 Å². The first-order valence-electron chi connectivity index (χ1n) is 6.76. The van der Waals surface area contributed by atoms with Crippen molar-refractivity contribution in [2.24, 2.45) is 7.05 Å². The van der Waals surface area contributed by atoms with Gasteiger partial charge in [0.1, 0.15) is 5.76 Å². The molecule has 0 N–H and O–H groups in total. The molecular weight excluding hydrogens is 282 g/mol. The summed E-state index contributed by atoms with van der Waals surface area (Å²) in [5.41, 5.74) is 1.42. The van der Waals surface area contributed by atoms with Crippen LogP contribution >= 0.6 is 0 Å². The van der Waals surface area contributed by atoms with Crippen LogP contribution in [0.5, 0.6) is 0 Å².